The summed E-state index contributed by atoms with van der Waals surface area (Å²) in [7, 11) is 2.99. The first-order valence-electron chi connectivity index (χ1n) is 12.5. The second-order valence-electron chi connectivity index (χ2n) is 9.65. The number of hydrogen-bond acceptors (Lipinski definition) is 8. The van der Waals surface area contributed by atoms with Crippen LogP contribution in [-0.2, 0) is 28.7 Å². The zero-order valence-electron chi connectivity index (χ0n) is 22.0. The van der Waals surface area contributed by atoms with Gasteiger partial charge in [-0.25, -0.2) is 4.79 Å². The molecule has 4 atom stereocenters. The molecule has 2 rings (SSSR count). The van der Waals surface area contributed by atoms with Crippen molar-refractivity contribution in [2.75, 3.05) is 18.1 Å². The highest BCUT2D eigenvalue weighted by Crippen LogP contribution is 2.24. The number of rotatable bonds is 2. The highest BCUT2D eigenvalue weighted by Gasteiger charge is 2.32. The Morgan fingerprint density at radius 2 is 1.65 bits per heavy atom. The van der Waals surface area contributed by atoms with Crippen LogP contribution in [0.5, 0.6) is 0 Å². The van der Waals surface area contributed by atoms with Crippen molar-refractivity contribution in [2.24, 2.45) is 17.8 Å². The van der Waals surface area contributed by atoms with E-state index in [-0.39, 0.29) is 42.2 Å². The fourth-order valence-electron chi connectivity index (χ4n) is 3.69. The Bertz CT molecular complexity index is 921. The zero-order valence-corrected chi connectivity index (χ0v) is 23.6. The van der Waals surface area contributed by atoms with Crippen LogP contribution in [0.3, 0.4) is 0 Å². The molecule has 12 heteroatoms. The lowest BCUT2D eigenvalue weighted by molar-refractivity contribution is -0.150. The maximum Gasteiger partial charge on any atom is 0.328 e. The third-order valence-electron chi connectivity index (χ3n) is 5.88. The molecule has 10 nitrogen and oxygen atoms in total. The standard InChI is InChI=1S/C25H38N4O6S2/c1-6-17-22(31)29-21(15(4)5)25(34)35-12-16-9-7-8-10-36-37-13-18(23(32)26-17)27-24(33)20(14(2)3)28-19(30)11-16/h6-7,9,14-16,18,20-21H,8,10-13H2,1-5H3,(H,26,32)(H,27,33)(H,28,30)(H,29,31)/t16-,18-,20-,21+/m1/s1. The van der Waals surface area contributed by atoms with E-state index in [2.05, 4.69) is 21.3 Å². The number of allylic oxidation sites excluding steroid dienone is 2. The monoisotopic (exact) mass is 554 g/mol. The van der Waals surface area contributed by atoms with E-state index in [1.807, 2.05) is 12.2 Å². The molecule has 0 unspecified atom stereocenters. The second kappa shape index (κ2) is 15.1. The molecule has 0 aromatic rings. The summed E-state index contributed by atoms with van der Waals surface area (Å²) in [4.78, 5) is 65.2. The van der Waals surface area contributed by atoms with Crippen molar-refractivity contribution in [3.8, 4) is 0 Å². The Morgan fingerprint density at radius 1 is 0.946 bits per heavy atom. The topological polar surface area (TPSA) is 143 Å². The summed E-state index contributed by atoms with van der Waals surface area (Å²) in [5.41, 5.74) is -0.0414. The van der Waals surface area contributed by atoms with Crippen LogP contribution in [0.2, 0.25) is 0 Å². The minimum absolute atomic E-state index is 0.00745. The van der Waals surface area contributed by atoms with Gasteiger partial charge in [-0.15, -0.1) is 0 Å². The lowest BCUT2D eigenvalue weighted by Gasteiger charge is -2.25. The number of carbonyl (C=O) groups is 5. The number of hydrogen-bond donors (Lipinski definition) is 4. The lowest BCUT2D eigenvalue weighted by Crippen LogP contribution is -2.56. The maximum absolute atomic E-state index is 13.2. The number of amides is 4. The molecular formula is C25H38N4O6S2. The summed E-state index contributed by atoms with van der Waals surface area (Å²) in [6.07, 6.45) is 5.95. The van der Waals surface area contributed by atoms with E-state index < -0.39 is 47.7 Å². The minimum Gasteiger partial charge on any atom is -0.464 e. The van der Waals surface area contributed by atoms with Crippen LogP contribution in [0.25, 0.3) is 0 Å². The Hall–Kier alpha value is -2.47. The van der Waals surface area contributed by atoms with Crippen molar-refractivity contribution in [3.05, 3.63) is 23.9 Å². The van der Waals surface area contributed by atoms with Gasteiger partial charge in [-0.3, -0.25) is 19.2 Å². The van der Waals surface area contributed by atoms with E-state index in [1.54, 1.807) is 45.4 Å². The summed E-state index contributed by atoms with van der Waals surface area (Å²) in [5.74, 6) is -2.65. The third kappa shape index (κ3) is 9.73. The second-order valence-corrected chi connectivity index (χ2v) is 12.3. The van der Waals surface area contributed by atoms with Crippen molar-refractivity contribution >= 4 is 51.2 Å². The SMILES string of the molecule is CC=C1NC(=O)[C@H]2CSSCCC=C[C@@H](COC(=O)[C@H](C(C)C)NC1=O)CC(=O)N[C@H](C(C)C)C(=O)N2. The van der Waals surface area contributed by atoms with Crippen LogP contribution >= 0.6 is 21.6 Å². The molecule has 2 bridgehead atoms. The number of carbonyl (C=O) groups excluding carboxylic acids is 5. The summed E-state index contributed by atoms with van der Waals surface area (Å²) in [6, 6.07) is -2.79. The predicted octanol–water partition coefficient (Wildman–Crippen LogP) is 1.68. The Morgan fingerprint density at radius 3 is 2.30 bits per heavy atom. The quantitative estimate of drug-likeness (QED) is 0.175. The number of ether oxygens (including phenoxy) is 1. The molecule has 0 radical (unpaired) electrons. The van der Waals surface area contributed by atoms with E-state index >= 15 is 0 Å². The number of fused-ring (bicyclic) bond motifs is 7. The molecule has 4 amide bonds. The van der Waals surface area contributed by atoms with Gasteiger partial charge in [-0.2, -0.15) is 0 Å². The molecule has 1 saturated heterocycles. The molecule has 0 aromatic heterocycles. The van der Waals surface area contributed by atoms with Gasteiger partial charge in [0.25, 0.3) is 5.91 Å². The van der Waals surface area contributed by atoms with Crippen LogP contribution in [-0.4, -0.2) is 65.8 Å². The van der Waals surface area contributed by atoms with E-state index in [4.69, 9.17) is 4.74 Å². The smallest absolute Gasteiger partial charge is 0.328 e. The first-order chi connectivity index (χ1) is 17.5. The van der Waals surface area contributed by atoms with Gasteiger partial charge in [0.05, 0.1) is 6.61 Å². The van der Waals surface area contributed by atoms with Crippen molar-refractivity contribution < 1.29 is 28.7 Å². The average molecular weight is 555 g/mol. The summed E-state index contributed by atoms with van der Waals surface area (Å²) in [6.45, 7) is 8.67. The van der Waals surface area contributed by atoms with Gasteiger partial charge in [0.15, 0.2) is 0 Å². The van der Waals surface area contributed by atoms with E-state index in [1.165, 1.54) is 16.9 Å². The van der Waals surface area contributed by atoms with E-state index in [0.717, 1.165) is 12.2 Å². The van der Waals surface area contributed by atoms with Gasteiger partial charge in [0.2, 0.25) is 17.7 Å². The molecular weight excluding hydrogens is 516 g/mol. The van der Waals surface area contributed by atoms with Gasteiger partial charge in [-0.1, -0.05) is 67.5 Å². The van der Waals surface area contributed by atoms with Gasteiger partial charge in [0.1, 0.15) is 23.8 Å². The first kappa shape index (κ1) is 30.8. The Balaban J connectivity index is 2.52. The molecule has 37 heavy (non-hydrogen) atoms. The molecule has 1 fully saturated rings. The summed E-state index contributed by atoms with van der Waals surface area (Å²) < 4.78 is 5.54. The molecule has 2 aliphatic rings. The minimum atomic E-state index is -0.958. The predicted molar refractivity (Wildman–Crippen MR) is 145 cm³/mol. The number of esters is 1. The lowest BCUT2D eigenvalue weighted by atomic mass is 10.0. The Kier molecular flexibility index (Phi) is 12.5. The highest BCUT2D eigenvalue weighted by atomic mass is 33.1. The molecule has 206 valence electrons. The van der Waals surface area contributed by atoms with Crippen LogP contribution in [0.1, 0.15) is 47.5 Å². The zero-order chi connectivity index (χ0) is 27.5. The van der Waals surface area contributed by atoms with E-state index in [0.29, 0.717) is 0 Å². The van der Waals surface area contributed by atoms with Gasteiger partial charge in [-0.05, 0) is 25.2 Å². The van der Waals surface area contributed by atoms with Crippen LogP contribution in [0.15, 0.2) is 23.9 Å². The summed E-state index contributed by atoms with van der Waals surface area (Å²) in [5, 5.41) is 10.8. The van der Waals surface area contributed by atoms with Crippen molar-refractivity contribution in [2.45, 2.75) is 65.6 Å². The van der Waals surface area contributed by atoms with Crippen molar-refractivity contribution in [3.63, 3.8) is 0 Å². The molecule has 4 N–H and O–H groups in total. The van der Waals surface area contributed by atoms with E-state index in [9.17, 15) is 24.0 Å². The fourth-order valence-corrected chi connectivity index (χ4v) is 5.84. The Labute approximate surface area is 226 Å². The van der Waals surface area contributed by atoms with Crippen LogP contribution < -0.4 is 21.3 Å². The third-order valence-corrected chi connectivity index (χ3v) is 8.33. The molecule has 0 saturated carbocycles. The molecule has 0 aromatic carbocycles. The normalized spacial score (nSPS) is 28.6. The van der Waals surface area contributed by atoms with Crippen LogP contribution in [0.4, 0.5) is 0 Å². The first-order valence-corrected chi connectivity index (χ1v) is 15.0. The van der Waals surface area contributed by atoms with Crippen molar-refractivity contribution in [1.29, 1.82) is 0 Å². The molecule has 2 heterocycles. The fraction of sp³-hybridized carbons (Fsp3) is 0.640. The highest BCUT2D eigenvalue weighted by molar-refractivity contribution is 8.76. The average Bonchev–Trinajstić information content (AvgIpc) is 2.84. The molecule has 0 aliphatic carbocycles. The number of cyclic esters (lactones) is 1. The molecule has 0 spiro atoms. The van der Waals surface area contributed by atoms with Crippen molar-refractivity contribution in [1.82, 2.24) is 21.3 Å². The van der Waals surface area contributed by atoms with Gasteiger partial charge >= 0.3 is 5.97 Å². The maximum atomic E-state index is 13.2. The summed E-state index contributed by atoms with van der Waals surface area (Å²) >= 11 is 0. The number of nitrogens with one attached hydrogen (secondary N) is 4. The van der Waals surface area contributed by atoms with Crippen LogP contribution in [0, 0.1) is 17.8 Å². The molecule has 2 aliphatic heterocycles. The van der Waals surface area contributed by atoms with Gasteiger partial charge < -0.3 is 26.0 Å². The largest absolute Gasteiger partial charge is 0.464 e. The van der Waals surface area contributed by atoms with Gasteiger partial charge in [0, 0.05) is 23.8 Å².